The van der Waals surface area contributed by atoms with Crippen LogP contribution in [0.1, 0.15) is 36.0 Å². The van der Waals surface area contributed by atoms with Crippen LogP contribution in [0.25, 0.3) is 0 Å². The lowest BCUT2D eigenvalue weighted by molar-refractivity contribution is 0.0918. The van der Waals surface area contributed by atoms with Crippen molar-refractivity contribution in [1.29, 1.82) is 5.41 Å². The van der Waals surface area contributed by atoms with Gasteiger partial charge in [-0.15, -0.1) is 0 Å². The zero-order valence-corrected chi connectivity index (χ0v) is 17.6. The molecule has 2 aromatic heterocycles. The molecule has 162 valence electrons. The molecule has 2 bridgehead atoms. The fourth-order valence-electron chi connectivity index (χ4n) is 4.89. The fourth-order valence-corrected chi connectivity index (χ4v) is 4.89. The van der Waals surface area contributed by atoms with Crippen molar-refractivity contribution in [1.82, 2.24) is 15.3 Å². The maximum Gasteiger partial charge on any atom is 0.257 e. The summed E-state index contributed by atoms with van der Waals surface area (Å²) in [4.78, 5) is 21.6. The van der Waals surface area contributed by atoms with Crippen LogP contribution < -0.4 is 15.4 Å². The van der Waals surface area contributed by atoms with Crippen LogP contribution in [0.4, 0.5) is 11.5 Å². The predicted octanol–water partition coefficient (Wildman–Crippen LogP) is 4.95. The molecule has 7 nitrogen and oxygen atoms in total. The van der Waals surface area contributed by atoms with E-state index in [-0.39, 0.29) is 23.2 Å². The number of nitrogens with one attached hydrogen (secondary N) is 3. The maximum absolute atomic E-state index is 13.0. The number of pyridine rings is 2. The second kappa shape index (κ2) is 8.42. The largest absolute Gasteiger partial charge is 0.438 e. The average molecular weight is 428 g/mol. The normalized spacial score (nSPS) is 23.5. The summed E-state index contributed by atoms with van der Waals surface area (Å²) in [5, 5.41) is 14.2. The molecule has 5 rings (SSSR count). The smallest absolute Gasteiger partial charge is 0.257 e. The van der Waals surface area contributed by atoms with Crippen LogP contribution in [-0.2, 0) is 0 Å². The molecule has 3 N–H and O–H groups in total. The Morgan fingerprint density at radius 2 is 1.91 bits per heavy atom. The van der Waals surface area contributed by atoms with Crippen molar-refractivity contribution in [3.8, 4) is 11.6 Å². The van der Waals surface area contributed by atoms with Gasteiger partial charge in [-0.2, -0.15) is 0 Å². The highest BCUT2D eigenvalue weighted by Gasteiger charge is 2.49. The zero-order valence-electron chi connectivity index (χ0n) is 17.6. The molecule has 3 aromatic rings. The molecular weight excluding hydrogens is 402 g/mol. The third-order valence-corrected chi connectivity index (χ3v) is 6.52. The highest BCUT2D eigenvalue weighted by Crippen LogP contribution is 2.52. The summed E-state index contributed by atoms with van der Waals surface area (Å²) in [5.74, 6) is 1.89. The summed E-state index contributed by atoms with van der Waals surface area (Å²) in [6.07, 6.45) is 8.89. The number of rotatable bonds is 7. The molecule has 2 heterocycles. The third-order valence-electron chi connectivity index (χ3n) is 6.52. The first-order valence-corrected chi connectivity index (χ1v) is 10.9. The van der Waals surface area contributed by atoms with Crippen molar-refractivity contribution in [3.63, 3.8) is 0 Å². The number of carbonyl (C=O) groups is 1. The number of amides is 1. The third kappa shape index (κ3) is 4.06. The van der Waals surface area contributed by atoms with E-state index in [4.69, 9.17) is 10.1 Å². The topological polar surface area (TPSA) is 100.0 Å². The van der Waals surface area contributed by atoms with Crippen molar-refractivity contribution >= 4 is 23.6 Å². The standard InChI is InChI=1S/C25H25N5O2/c26-16-25-11-10-17(14-25)21(15-25)30-23(31)20-4-3-13-28-24(20)32-19-8-6-18(7-9-19)29-22-5-1-2-12-27-22/h1-9,12-13,16-17,21,26H,10-11,14-15H2,(H,27,29)(H,30,31). The van der Waals surface area contributed by atoms with Gasteiger partial charge in [0.05, 0.1) is 0 Å². The minimum absolute atomic E-state index is 0.0259. The van der Waals surface area contributed by atoms with Gasteiger partial charge in [0.1, 0.15) is 17.1 Å². The Kier molecular flexibility index (Phi) is 5.31. The molecule has 2 saturated carbocycles. The Balaban J connectivity index is 1.26. The highest BCUT2D eigenvalue weighted by atomic mass is 16.5. The fraction of sp³-hybridized carbons (Fsp3) is 0.280. The molecule has 7 heteroatoms. The van der Waals surface area contributed by atoms with Crippen molar-refractivity contribution in [2.75, 3.05) is 5.32 Å². The molecule has 2 aliphatic carbocycles. The molecule has 0 saturated heterocycles. The lowest BCUT2D eigenvalue weighted by Gasteiger charge is -2.27. The number of aromatic nitrogens is 2. The maximum atomic E-state index is 13.0. The summed E-state index contributed by atoms with van der Waals surface area (Å²) in [5.41, 5.74) is 1.27. The van der Waals surface area contributed by atoms with Gasteiger partial charge in [0.25, 0.3) is 5.91 Å². The molecule has 2 fully saturated rings. The number of hydrogen-bond acceptors (Lipinski definition) is 6. The molecule has 1 aromatic carbocycles. The van der Waals surface area contributed by atoms with E-state index < -0.39 is 0 Å². The van der Waals surface area contributed by atoms with E-state index in [1.165, 1.54) is 0 Å². The summed E-state index contributed by atoms with van der Waals surface area (Å²) >= 11 is 0. The Morgan fingerprint density at radius 1 is 1.06 bits per heavy atom. The quantitative estimate of drug-likeness (QED) is 0.463. The number of carbonyl (C=O) groups excluding carboxylic acids is 1. The lowest BCUT2D eigenvalue weighted by Crippen LogP contribution is -2.40. The van der Waals surface area contributed by atoms with Crippen LogP contribution in [0.3, 0.4) is 0 Å². The van der Waals surface area contributed by atoms with Crippen molar-refractivity contribution in [2.45, 2.75) is 31.7 Å². The summed E-state index contributed by atoms with van der Waals surface area (Å²) in [7, 11) is 0. The molecule has 1 amide bonds. The number of fused-ring (bicyclic) bond motifs is 2. The van der Waals surface area contributed by atoms with Crippen LogP contribution in [0.5, 0.6) is 11.6 Å². The molecule has 0 spiro atoms. The lowest BCUT2D eigenvalue weighted by atomic mass is 9.84. The number of benzene rings is 1. The predicted molar refractivity (Wildman–Crippen MR) is 123 cm³/mol. The van der Waals surface area contributed by atoms with E-state index in [2.05, 4.69) is 20.6 Å². The molecule has 0 aliphatic heterocycles. The number of ether oxygens (including phenoxy) is 1. The van der Waals surface area contributed by atoms with E-state index >= 15 is 0 Å². The Morgan fingerprint density at radius 3 is 2.66 bits per heavy atom. The van der Waals surface area contributed by atoms with Crippen LogP contribution in [0.2, 0.25) is 0 Å². The monoisotopic (exact) mass is 427 g/mol. The van der Waals surface area contributed by atoms with Gasteiger partial charge in [-0.25, -0.2) is 9.97 Å². The molecule has 0 radical (unpaired) electrons. The first-order chi connectivity index (χ1) is 15.6. The van der Waals surface area contributed by atoms with Gasteiger partial charge in [0.2, 0.25) is 5.88 Å². The van der Waals surface area contributed by atoms with Crippen molar-refractivity contribution in [2.24, 2.45) is 11.3 Å². The molecule has 2 aliphatic rings. The van der Waals surface area contributed by atoms with Gasteiger partial charge in [0, 0.05) is 35.8 Å². The van der Waals surface area contributed by atoms with Gasteiger partial charge in [-0.3, -0.25) is 4.79 Å². The van der Waals surface area contributed by atoms with Crippen molar-refractivity contribution < 1.29 is 9.53 Å². The molecule has 3 atom stereocenters. The Hall–Kier alpha value is -3.74. The molecular formula is C25H25N5O2. The van der Waals surface area contributed by atoms with Crippen LogP contribution >= 0.6 is 0 Å². The first-order valence-electron chi connectivity index (χ1n) is 10.9. The molecule has 3 unspecified atom stereocenters. The van der Waals surface area contributed by atoms with E-state index in [1.807, 2.05) is 42.5 Å². The van der Waals surface area contributed by atoms with Gasteiger partial charge >= 0.3 is 0 Å². The number of anilines is 2. The van der Waals surface area contributed by atoms with Crippen LogP contribution in [0, 0.1) is 16.7 Å². The van der Waals surface area contributed by atoms with E-state index in [1.54, 1.807) is 30.7 Å². The van der Waals surface area contributed by atoms with Gasteiger partial charge < -0.3 is 20.8 Å². The minimum atomic E-state index is -0.181. The van der Waals surface area contributed by atoms with Gasteiger partial charge in [-0.05, 0) is 80.1 Å². The van der Waals surface area contributed by atoms with Crippen molar-refractivity contribution in [3.05, 3.63) is 72.6 Å². The van der Waals surface area contributed by atoms with E-state index in [0.717, 1.165) is 37.2 Å². The van der Waals surface area contributed by atoms with Gasteiger partial charge in [0.15, 0.2) is 0 Å². The summed E-state index contributed by atoms with van der Waals surface area (Å²) in [6.45, 7) is 0. The summed E-state index contributed by atoms with van der Waals surface area (Å²) in [6, 6.07) is 16.7. The van der Waals surface area contributed by atoms with E-state index in [9.17, 15) is 4.79 Å². The second-order valence-electron chi connectivity index (χ2n) is 8.62. The van der Waals surface area contributed by atoms with Crippen LogP contribution in [-0.4, -0.2) is 28.1 Å². The average Bonchev–Trinajstić information content (AvgIpc) is 3.41. The number of nitrogens with zero attached hydrogens (tertiary/aromatic N) is 2. The first kappa shape index (κ1) is 20.2. The SMILES string of the molecule is N=CC12CCC(C1)C(NC(=O)c1cccnc1Oc1ccc(Nc3ccccn3)cc1)C2. The molecule has 32 heavy (non-hydrogen) atoms. The summed E-state index contributed by atoms with van der Waals surface area (Å²) < 4.78 is 5.95. The van der Waals surface area contributed by atoms with Crippen LogP contribution in [0.15, 0.2) is 67.0 Å². The highest BCUT2D eigenvalue weighted by molar-refractivity contribution is 5.96. The Labute approximate surface area is 186 Å². The Bertz CT molecular complexity index is 1120. The second-order valence-corrected chi connectivity index (χ2v) is 8.62. The number of hydrogen-bond donors (Lipinski definition) is 3. The zero-order chi connectivity index (χ0) is 22.0. The van der Waals surface area contributed by atoms with Gasteiger partial charge in [-0.1, -0.05) is 6.07 Å². The minimum Gasteiger partial charge on any atom is -0.438 e. The van der Waals surface area contributed by atoms with E-state index in [0.29, 0.717) is 17.2 Å².